The van der Waals surface area contributed by atoms with E-state index in [9.17, 15) is 0 Å². The molecule has 0 atom stereocenters. The summed E-state index contributed by atoms with van der Waals surface area (Å²) in [5.74, 6) is 0. The van der Waals surface area contributed by atoms with Crippen molar-refractivity contribution in [3.05, 3.63) is 59.9 Å². The lowest BCUT2D eigenvalue weighted by molar-refractivity contribution is 0.883. The summed E-state index contributed by atoms with van der Waals surface area (Å²) in [5.41, 5.74) is 9.10. The number of hydrogen-bond donors (Lipinski definition) is 1. The van der Waals surface area contributed by atoms with Crippen LogP contribution in [0.15, 0.2) is 48.7 Å². The summed E-state index contributed by atoms with van der Waals surface area (Å²) in [6.45, 7) is 1.51. The zero-order chi connectivity index (χ0) is 12.8. The van der Waals surface area contributed by atoms with Crippen LogP contribution >= 0.6 is 0 Å². The molecule has 1 aromatic carbocycles. The fourth-order valence-electron chi connectivity index (χ4n) is 1.91. The molecule has 0 fully saturated rings. The molecule has 1 heterocycles. The summed E-state index contributed by atoms with van der Waals surface area (Å²) < 4.78 is 0. The molecule has 94 valence electrons. The van der Waals surface area contributed by atoms with Crippen LogP contribution in [-0.4, -0.2) is 18.6 Å². The summed E-state index contributed by atoms with van der Waals surface area (Å²) in [4.78, 5) is 6.52. The van der Waals surface area contributed by atoms with Gasteiger partial charge in [0.1, 0.15) is 0 Å². The fourth-order valence-corrected chi connectivity index (χ4v) is 1.91. The number of aromatic nitrogens is 1. The van der Waals surface area contributed by atoms with Gasteiger partial charge < -0.3 is 10.6 Å². The lowest BCUT2D eigenvalue weighted by atomic mass is 10.1. The molecular weight excluding hydrogens is 222 g/mol. The van der Waals surface area contributed by atoms with Crippen molar-refractivity contribution in [3.8, 4) is 0 Å². The van der Waals surface area contributed by atoms with Crippen LogP contribution in [-0.2, 0) is 13.0 Å². The molecule has 0 saturated carbocycles. The summed E-state index contributed by atoms with van der Waals surface area (Å²) in [6.07, 6.45) is 2.76. The van der Waals surface area contributed by atoms with Crippen LogP contribution in [0.5, 0.6) is 0 Å². The molecule has 0 bridgehead atoms. The van der Waals surface area contributed by atoms with E-state index in [1.807, 2.05) is 24.4 Å². The number of nitrogens with two attached hydrogens (primary N) is 1. The predicted molar refractivity (Wildman–Crippen MR) is 75.5 cm³/mol. The zero-order valence-electron chi connectivity index (χ0n) is 10.7. The first kappa shape index (κ1) is 12.6. The normalized spacial score (nSPS) is 10.3. The molecule has 0 radical (unpaired) electrons. The Kier molecular flexibility index (Phi) is 4.31. The molecule has 0 saturated heterocycles. The Morgan fingerprint density at radius 1 is 1.11 bits per heavy atom. The first-order chi connectivity index (χ1) is 8.79. The molecule has 18 heavy (non-hydrogen) atoms. The van der Waals surface area contributed by atoms with Crippen LogP contribution in [0.2, 0.25) is 0 Å². The van der Waals surface area contributed by atoms with Crippen LogP contribution in [0, 0.1) is 0 Å². The molecule has 0 aliphatic carbocycles. The standard InChI is InChI=1S/C15H19N3/c1-18(12-14-4-2-3-11-17-14)15-7-5-13(6-8-15)9-10-16/h2-8,11H,9-10,12,16H2,1H3. The van der Waals surface area contributed by atoms with Crippen LogP contribution < -0.4 is 10.6 Å². The van der Waals surface area contributed by atoms with Gasteiger partial charge in [0.2, 0.25) is 0 Å². The maximum Gasteiger partial charge on any atom is 0.0598 e. The minimum absolute atomic E-state index is 0.698. The largest absolute Gasteiger partial charge is 0.369 e. The molecular formula is C15H19N3. The van der Waals surface area contributed by atoms with E-state index in [0.29, 0.717) is 6.54 Å². The van der Waals surface area contributed by atoms with Gasteiger partial charge in [0.05, 0.1) is 12.2 Å². The second kappa shape index (κ2) is 6.17. The Morgan fingerprint density at radius 3 is 2.50 bits per heavy atom. The highest BCUT2D eigenvalue weighted by Gasteiger charge is 2.02. The smallest absolute Gasteiger partial charge is 0.0598 e. The van der Waals surface area contributed by atoms with Crippen molar-refractivity contribution in [2.24, 2.45) is 5.73 Å². The first-order valence-electron chi connectivity index (χ1n) is 6.19. The van der Waals surface area contributed by atoms with Crippen molar-refractivity contribution in [1.82, 2.24) is 4.98 Å². The Balaban J connectivity index is 2.02. The van der Waals surface area contributed by atoms with Crippen molar-refractivity contribution in [3.63, 3.8) is 0 Å². The molecule has 3 heteroatoms. The van der Waals surface area contributed by atoms with Gasteiger partial charge in [0.25, 0.3) is 0 Å². The Bertz CT molecular complexity index is 465. The predicted octanol–water partition coefficient (Wildman–Crippen LogP) is 2.22. The fraction of sp³-hybridized carbons (Fsp3) is 0.267. The van der Waals surface area contributed by atoms with Gasteiger partial charge in [0.15, 0.2) is 0 Å². The Morgan fingerprint density at radius 2 is 1.89 bits per heavy atom. The molecule has 2 aromatic rings. The van der Waals surface area contributed by atoms with Crippen molar-refractivity contribution < 1.29 is 0 Å². The Hall–Kier alpha value is -1.87. The van der Waals surface area contributed by atoms with Gasteiger partial charge in [-0.1, -0.05) is 18.2 Å². The molecule has 1 aromatic heterocycles. The maximum atomic E-state index is 5.54. The molecule has 0 aliphatic rings. The lowest BCUT2D eigenvalue weighted by Gasteiger charge is -2.19. The highest BCUT2D eigenvalue weighted by Crippen LogP contribution is 2.15. The summed E-state index contributed by atoms with van der Waals surface area (Å²) >= 11 is 0. The van der Waals surface area contributed by atoms with Gasteiger partial charge in [0, 0.05) is 18.9 Å². The number of rotatable bonds is 5. The van der Waals surface area contributed by atoms with E-state index < -0.39 is 0 Å². The first-order valence-corrected chi connectivity index (χ1v) is 6.19. The maximum absolute atomic E-state index is 5.54. The van der Waals surface area contributed by atoms with E-state index in [-0.39, 0.29) is 0 Å². The molecule has 0 aliphatic heterocycles. The van der Waals surface area contributed by atoms with Crippen LogP contribution in [0.1, 0.15) is 11.3 Å². The number of pyridine rings is 1. The van der Waals surface area contributed by atoms with Crippen molar-refractivity contribution >= 4 is 5.69 Å². The molecule has 0 spiro atoms. The molecule has 0 unspecified atom stereocenters. The summed E-state index contributed by atoms with van der Waals surface area (Å²) in [5, 5.41) is 0. The lowest BCUT2D eigenvalue weighted by Crippen LogP contribution is -2.17. The highest BCUT2D eigenvalue weighted by molar-refractivity contribution is 5.47. The van der Waals surface area contributed by atoms with Crippen LogP contribution in [0.3, 0.4) is 0 Å². The minimum Gasteiger partial charge on any atom is -0.369 e. The monoisotopic (exact) mass is 241 g/mol. The molecule has 2 N–H and O–H groups in total. The third kappa shape index (κ3) is 3.31. The Labute approximate surface area is 108 Å². The average molecular weight is 241 g/mol. The highest BCUT2D eigenvalue weighted by atomic mass is 15.1. The van der Waals surface area contributed by atoms with E-state index in [4.69, 9.17) is 5.73 Å². The van der Waals surface area contributed by atoms with Gasteiger partial charge >= 0.3 is 0 Å². The summed E-state index contributed by atoms with van der Waals surface area (Å²) in [6, 6.07) is 14.5. The third-order valence-electron chi connectivity index (χ3n) is 2.94. The van der Waals surface area contributed by atoms with Crippen molar-refractivity contribution in [1.29, 1.82) is 0 Å². The number of anilines is 1. The second-order valence-corrected chi connectivity index (χ2v) is 4.38. The van der Waals surface area contributed by atoms with Gasteiger partial charge in [-0.2, -0.15) is 0 Å². The van der Waals surface area contributed by atoms with Gasteiger partial charge in [-0.3, -0.25) is 4.98 Å². The van der Waals surface area contributed by atoms with E-state index in [0.717, 1.165) is 18.7 Å². The minimum atomic E-state index is 0.698. The topological polar surface area (TPSA) is 42.2 Å². The number of hydrogen-bond acceptors (Lipinski definition) is 3. The number of nitrogens with zero attached hydrogens (tertiary/aromatic N) is 2. The average Bonchev–Trinajstić information content (AvgIpc) is 2.41. The van der Waals surface area contributed by atoms with E-state index in [1.165, 1.54) is 11.3 Å². The van der Waals surface area contributed by atoms with Crippen molar-refractivity contribution in [2.75, 3.05) is 18.5 Å². The molecule has 2 rings (SSSR count). The molecule has 3 nitrogen and oxygen atoms in total. The van der Waals surface area contributed by atoms with E-state index >= 15 is 0 Å². The summed E-state index contributed by atoms with van der Waals surface area (Å²) in [7, 11) is 2.08. The van der Waals surface area contributed by atoms with Gasteiger partial charge in [-0.15, -0.1) is 0 Å². The SMILES string of the molecule is CN(Cc1ccccn1)c1ccc(CCN)cc1. The van der Waals surface area contributed by atoms with Crippen LogP contribution in [0.4, 0.5) is 5.69 Å². The molecule has 0 amide bonds. The van der Waals surface area contributed by atoms with Crippen LogP contribution in [0.25, 0.3) is 0 Å². The zero-order valence-corrected chi connectivity index (χ0v) is 10.7. The van der Waals surface area contributed by atoms with E-state index in [2.05, 4.69) is 41.2 Å². The second-order valence-electron chi connectivity index (χ2n) is 4.38. The third-order valence-corrected chi connectivity index (χ3v) is 2.94. The number of benzene rings is 1. The van der Waals surface area contributed by atoms with E-state index in [1.54, 1.807) is 0 Å². The van der Waals surface area contributed by atoms with Crippen molar-refractivity contribution in [2.45, 2.75) is 13.0 Å². The van der Waals surface area contributed by atoms with Gasteiger partial charge in [-0.05, 0) is 42.8 Å². The quantitative estimate of drug-likeness (QED) is 0.872. The van der Waals surface area contributed by atoms with Gasteiger partial charge in [-0.25, -0.2) is 0 Å².